The van der Waals surface area contributed by atoms with Gasteiger partial charge in [-0.2, -0.15) is 5.26 Å². The van der Waals surface area contributed by atoms with E-state index >= 15 is 0 Å². The summed E-state index contributed by atoms with van der Waals surface area (Å²) in [6.45, 7) is 0. The first-order valence-electron chi connectivity index (χ1n) is 6.16. The Morgan fingerprint density at radius 2 is 2.09 bits per heavy atom. The normalized spacial score (nSPS) is 10.4. The number of benzene rings is 1. The summed E-state index contributed by atoms with van der Waals surface area (Å²) in [4.78, 5) is 15.6. The minimum Gasteiger partial charge on any atom is -0.477 e. The molecule has 108 valence electrons. The first-order valence-corrected chi connectivity index (χ1v) is 7.35. The summed E-state index contributed by atoms with van der Waals surface area (Å²) in [5.74, 6) is -1.07. The van der Waals surface area contributed by atoms with Gasteiger partial charge in [0.2, 0.25) is 0 Å². The van der Waals surface area contributed by atoms with Crippen molar-refractivity contribution in [3.63, 3.8) is 0 Å². The van der Waals surface area contributed by atoms with Gasteiger partial charge in [-0.3, -0.25) is 4.57 Å². The second-order valence-corrected chi connectivity index (χ2v) is 5.82. The maximum absolute atomic E-state index is 11.6. The van der Waals surface area contributed by atoms with E-state index in [0.717, 1.165) is 11.3 Å². The maximum atomic E-state index is 11.6. The molecule has 3 aromatic rings. The zero-order valence-electron chi connectivity index (χ0n) is 11.0. The lowest BCUT2D eigenvalue weighted by atomic mass is 10.0. The van der Waals surface area contributed by atoms with Gasteiger partial charge in [-0.25, -0.2) is 9.78 Å². The summed E-state index contributed by atoms with van der Waals surface area (Å²) >= 11 is 6.91. The highest BCUT2D eigenvalue weighted by Gasteiger charge is 2.24. The molecular weight excluding hydrogens is 322 g/mol. The van der Waals surface area contributed by atoms with E-state index in [4.69, 9.17) is 11.6 Å². The highest BCUT2D eigenvalue weighted by atomic mass is 35.5. The van der Waals surface area contributed by atoms with Crippen LogP contribution >= 0.6 is 22.9 Å². The number of imidazole rings is 1. The molecule has 0 amide bonds. The van der Waals surface area contributed by atoms with Crippen molar-refractivity contribution in [3.05, 3.63) is 58.4 Å². The number of thiophene rings is 1. The van der Waals surface area contributed by atoms with Crippen molar-refractivity contribution in [1.82, 2.24) is 9.55 Å². The zero-order chi connectivity index (χ0) is 15.7. The van der Waals surface area contributed by atoms with Crippen LogP contribution < -0.4 is 0 Å². The third kappa shape index (κ3) is 2.37. The lowest BCUT2D eigenvalue weighted by molar-refractivity contribution is 0.0703. The van der Waals surface area contributed by atoms with E-state index < -0.39 is 5.97 Å². The van der Waals surface area contributed by atoms with Gasteiger partial charge in [0.1, 0.15) is 15.9 Å². The van der Waals surface area contributed by atoms with Crippen LogP contribution in [-0.2, 0) is 0 Å². The van der Waals surface area contributed by atoms with Gasteiger partial charge < -0.3 is 5.11 Å². The van der Waals surface area contributed by atoms with Crippen molar-refractivity contribution in [2.45, 2.75) is 0 Å². The van der Waals surface area contributed by atoms with Crippen LogP contribution in [0.2, 0.25) is 5.02 Å². The minimum absolute atomic E-state index is 0.113. The van der Waals surface area contributed by atoms with Gasteiger partial charge in [0.05, 0.1) is 11.9 Å². The number of halogens is 1. The molecule has 0 saturated carbocycles. The van der Waals surface area contributed by atoms with Crippen LogP contribution in [-0.4, -0.2) is 20.6 Å². The predicted octanol–water partition coefficient (Wildman–Crippen LogP) is 3.82. The first-order chi connectivity index (χ1) is 10.6. The highest BCUT2D eigenvalue weighted by molar-refractivity contribution is 7.17. The third-order valence-electron chi connectivity index (χ3n) is 3.07. The molecule has 0 spiro atoms. The molecule has 1 aromatic carbocycles. The van der Waals surface area contributed by atoms with Crippen molar-refractivity contribution in [3.8, 4) is 22.2 Å². The number of aromatic nitrogens is 2. The number of rotatable bonds is 3. The lowest BCUT2D eigenvalue weighted by Crippen LogP contribution is -1.95. The van der Waals surface area contributed by atoms with E-state index in [2.05, 4.69) is 11.1 Å². The summed E-state index contributed by atoms with van der Waals surface area (Å²) in [7, 11) is 0. The molecule has 0 radical (unpaired) electrons. The van der Waals surface area contributed by atoms with Crippen LogP contribution in [0.3, 0.4) is 0 Å². The van der Waals surface area contributed by atoms with Crippen LogP contribution in [0.25, 0.3) is 16.1 Å². The van der Waals surface area contributed by atoms with Crippen LogP contribution in [0.15, 0.2) is 43.0 Å². The fourth-order valence-corrected chi connectivity index (χ4v) is 3.32. The summed E-state index contributed by atoms with van der Waals surface area (Å²) in [5.41, 5.74) is 1.35. The van der Waals surface area contributed by atoms with Crippen molar-refractivity contribution >= 4 is 28.9 Å². The largest absolute Gasteiger partial charge is 0.477 e. The van der Waals surface area contributed by atoms with Crippen LogP contribution in [0, 0.1) is 11.3 Å². The summed E-state index contributed by atoms with van der Waals surface area (Å²) in [5, 5.41) is 20.1. The molecule has 5 nitrogen and oxygen atoms in total. The van der Waals surface area contributed by atoms with Gasteiger partial charge in [0, 0.05) is 23.0 Å². The molecule has 22 heavy (non-hydrogen) atoms. The molecule has 7 heteroatoms. The van der Waals surface area contributed by atoms with E-state index in [1.807, 2.05) is 0 Å². The fourth-order valence-electron chi connectivity index (χ4n) is 2.13. The Labute approximate surface area is 134 Å². The van der Waals surface area contributed by atoms with Crippen molar-refractivity contribution in [2.75, 3.05) is 0 Å². The Hall–Kier alpha value is -2.62. The number of aromatic carboxylic acids is 1. The number of nitrogens with zero attached hydrogens (tertiary/aromatic N) is 3. The molecule has 0 aliphatic rings. The number of carboxylic acids is 1. The molecule has 1 N–H and O–H groups in total. The molecule has 0 saturated heterocycles. The molecule has 0 aliphatic heterocycles. The Morgan fingerprint density at radius 1 is 1.36 bits per heavy atom. The average molecular weight is 330 g/mol. The summed E-state index contributed by atoms with van der Waals surface area (Å²) in [6, 6.07) is 8.84. The zero-order valence-corrected chi connectivity index (χ0v) is 12.6. The summed E-state index contributed by atoms with van der Waals surface area (Å²) in [6.07, 6.45) is 4.77. The van der Waals surface area contributed by atoms with Gasteiger partial charge in [-0.15, -0.1) is 11.3 Å². The number of nitriles is 1. The second kappa shape index (κ2) is 5.64. The van der Waals surface area contributed by atoms with Gasteiger partial charge in [0.25, 0.3) is 0 Å². The van der Waals surface area contributed by atoms with Crippen LogP contribution in [0.5, 0.6) is 0 Å². The monoisotopic (exact) mass is 329 g/mol. The third-order valence-corrected chi connectivity index (χ3v) is 4.51. The van der Waals surface area contributed by atoms with Crippen LogP contribution in [0.1, 0.15) is 15.2 Å². The SMILES string of the molecule is N#Cc1c(-n2ccnc2)sc(C(=O)O)c1-c1ccc(Cl)cc1. The van der Waals surface area contributed by atoms with E-state index in [0.29, 0.717) is 26.7 Å². The number of hydrogen-bond acceptors (Lipinski definition) is 4. The molecule has 0 aliphatic carbocycles. The Kier molecular flexibility index (Phi) is 3.67. The Bertz CT molecular complexity index is 877. The first kappa shape index (κ1) is 14.3. The smallest absolute Gasteiger partial charge is 0.346 e. The maximum Gasteiger partial charge on any atom is 0.346 e. The molecular formula is C15H8ClN3O2S. The molecule has 0 fully saturated rings. The molecule has 2 aromatic heterocycles. The quantitative estimate of drug-likeness (QED) is 0.792. The Morgan fingerprint density at radius 3 is 2.64 bits per heavy atom. The predicted molar refractivity (Wildman–Crippen MR) is 83.6 cm³/mol. The van der Waals surface area contributed by atoms with E-state index in [1.54, 1.807) is 41.2 Å². The van der Waals surface area contributed by atoms with Gasteiger partial charge in [0.15, 0.2) is 0 Å². The topological polar surface area (TPSA) is 78.9 Å². The van der Waals surface area contributed by atoms with Gasteiger partial charge in [-0.05, 0) is 17.7 Å². The highest BCUT2D eigenvalue weighted by Crippen LogP contribution is 2.38. The van der Waals surface area contributed by atoms with Crippen molar-refractivity contribution < 1.29 is 9.90 Å². The van der Waals surface area contributed by atoms with Crippen molar-refractivity contribution in [1.29, 1.82) is 5.26 Å². The second-order valence-electron chi connectivity index (χ2n) is 4.38. The number of carbonyl (C=O) groups is 1. The molecule has 0 unspecified atom stereocenters. The number of carboxylic acid groups (broad SMARTS) is 1. The minimum atomic E-state index is -1.07. The van der Waals surface area contributed by atoms with Crippen LogP contribution in [0.4, 0.5) is 0 Å². The molecule has 2 heterocycles. The molecule has 0 bridgehead atoms. The molecule has 3 rings (SSSR count). The molecule has 0 atom stereocenters. The van der Waals surface area contributed by atoms with E-state index in [1.165, 1.54) is 6.33 Å². The van der Waals surface area contributed by atoms with Gasteiger partial charge >= 0.3 is 5.97 Å². The lowest BCUT2D eigenvalue weighted by Gasteiger charge is -2.03. The Balaban J connectivity index is 2.30. The number of hydrogen-bond donors (Lipinski definition) is 1. The fraction of sp³-hybridized carbons (Fsp3) is 0. The van der Waals surface area contributed by atoms with E-state index in [9.17, 15) is 15.2 Å². The van der Waals surface area contributed by atoms with Gasteiger partial charge in [-0.1, -0.05) is 23.7 Å². The standard InChI is InChI=1S/C15H8ClN3O2S/c16-10-3-1-9(2-4-10)12-11(7-17)14(19-6-5-18-8-19)22-13(12)15(20)21/h1-6,8H,(H,20,21). The van der Waals surface area contributed by atoms with Crippen molar-refractivity contribution in [2.24, 2.45) is 0 Å². The van der Waals surface area contributed by atoms with E-state index in [-0.39, 0.29) is 4.88 Å². The average Bonchev–Trinajstić information content (AvgIpc) is 3.14. The summed E-state index contributed by atoms with van der Waals surface area (Å²) < 4.78 is 1.63.